The van der Waals surface area contributed by atoms with Gasteiger partial charge >= 0.3 is 12.0 Å². The van der Waals surface area contributed by atoms with Crippen LogP contribution in [0.4, 0.5) is 10.5 Å². The summed E-state index contributed by atoms with van der Waals surface area (Å²) in [7, 11) is 3.37. The second-order valence-corrected chi connectivity index (χ2v) is 9.60. The van der Waals surface area contributed by atoms with Crippen molar-refractivity contribution < 1.29 is 14.7 Å². The molecule has 0 aliphatic heterocycles. The van der Waals surface area contributed by atoms with Crippen molar-refractivity contribution in [2.75, 3.05) is 25.2 Å². The molecule has 0 radical (unpaired) electrons. The normalized spacial score (nSPS) is 11.5. The molecule has 0 atom stereocenters. The first kappa shape index (κ1) is 22.4. The average Bonchev–Trinajstić information content (AvgIpc) is 2.92. The molecule has 10 heteroatoms. The van der Waals surface area contributed by atoms with Gasteiger partial charge < -0.3 is 15.3 Å². The molecule has 7 nitrogen and oxygen atoms in total. The number of aromatic nitrogens is 2. The summed E-state index contributed by atoms with van der Waals surface area (Å²) in [6.07, 6.45) is 0.0122. The van der Waals surface area contributed by atoms with Crippen molar-refractivity contribution >= 4 is 68.6 Å². The van der Waals surface area contributed by atoms with Crippen LogP contribution in [0.25, 0.3) is 11.0 Å². The van der Waals surface area contributed by atoms with Gasteiger partial charge in [-0.1, -0.05) is 56.4 Å². The van der Waals surface area contributed by atoms with Crippen LogP contribution in [0.5, 0.6) is 0 Å². The van der Waals surface area contributed by atoms with Crippen molar-refractivity contribution in [3.8, 4) is 0 Å². The molecule has 0 aliphatic carbocycles. The first-order valence-electron chi connectivity index (χ1n) is 8.51. The topological polar surface area (TPSA) is 87.5 Å². The highest BCUT2D eigenvalue weighted by atomic mass is 35.5. The molecule has 2 rings (SSSR count). The number of aliphatic carboxylic acids is 1. The Kier molecular flexibility index (Phi) is 6.95. The number of rotatable bonds is 4. The molecule has 1 aromatic carbocycles. The highest BCUT2D eigenvalue weighted by molar-refractivity contribution is 8.23. The Morgan fingerprint density at radius 1 is 1.36 bits per heavy atom. The van der Waals surface area contributed by atoms with Crippen molar-refractivity contribution in [1.82, 2.24) is 14.5 Å². The average molecular weight is 443 g/mol. The molecule has 152 valence electrons. The zero-order valence-corrected chi connectivity index (χ0v) is 18.8. The summed E-state index contributed by atoms with van der Waals surface area (Å²) in [6, 6.07) is 3.23. The number of benzene rings is 1. The number of nitrogens with zero attached hydrogens (tertiary/aromatic N) is 3. The minimum absolute atomic E-state index is 0.0122. The number of carbonyl (C=O) groups excluding carboxylic acids is 1. The molecule has 0 spiro atoms. The molecule has 0 saturated carbocycles. The van der Waals surface area contributed by atoms with Gasteiger partial charge in [-0.25, -0.2) is 14.3 Å². The fourth-order valence-corrected chi connectivity index (χ4v) is 3.68. The maximum absolute atomic E-state index is 12.8. The first-order chi connectivity index (χ1) is 12.9. The fourth-order valence-electron chi connectivity index (χ4n) is 2.47. The summed E-state index contributed by atoms with van der Waals surface area (Å²) in [4.78, 5) is 29.6. The number of carboxylic acids is 1. The molecule has 2 aromatic rings. The number of imidazole rings is 1. The van der Waals surface area contributed by atoms with E-state index in [1.54, 1.807) is 30.8 Å². The predicted molar refractivity (Wildman–Crippen MR) is 119 cm³/mol. The summed E-state index contributed by atoms with van der Waals surface area (Å²) in [6.45, 7) is 5.97. The number of thioether (sulfide) groups is 1. The Morgan fingerprint density at radius 2 is 2.00 bits per heavy atom. The van der Waals surface area contributed by atoms with E-state index in [-0.39, 0.29) is 17.9 Å². The molecule has 28 heavy (non-hydrogen) atoms. The molecule has 0 aliphatic rings. The minimum Gasteiger partial charge on any atom is -0.481 e. The van der Waals surface area contributed by atoms with Crippen LogP contribution in [0.15, 0.2) is 12.1 Å². The van der Waals surface area contributed by atoms with Crippen LogP contribution in [0, 0.1) is 0 Å². The summed E-state index contributed by atoms with van der Waals surface area (Å²) >= 11 is 12.9. The number of halogens is 1. The third-order valence-electron chi connectivity index (χ3n) is 3.77. The van der Waals surface area contributed by atoms with E-state index in [9.17, 15) is 9.59 Å². The van der Waals surface area contributed by atoms with E-state index in [0.717, 1.165) is 0 Å². The Labute approximate surface area is 178 Å². The fraction of sp³-hybridized carbons (Fsp3) is 0.444. The monoisotopic (exact) mass is 442 g/mol. The van der Waals surface area contributed by atoms with Crippen molar-refractivity contribution in [1.29, 1.82) is 0 Å². The summed E-state index contributed by atoms with van der Waals surface area (Å²) in [5.74, 6) is 0.107. The maximum atomic E-state index is 12.8. The Bertz CT molecular complexity index is 935. The minimum atomic E-state index is -0.879. The van der Waals surface area contributed by atoms with Crippen LogP contribution in [0.2, 0.25) is 5.02 Å². The van der Waals surface area contributed by atoms with E-state index in [0.29, 0.717) is 37.6 Å². The highest BCUT2D eigenvalue weighted by Gasteiger charge is 2.27. The number of nitrogens with one attached hydrogen (secondary N) is 1. The molecule has 0 unspecified atom stereocenters. The van der Waals surface area contributed by atoms with Gasteiger partial charge in [-0.05, 0) is 12.1 Å². The number of carboxylic acid groups (broad SMARTS) is 1. The summed E-state index contributed by atoms with van der Waals surface area (Å²) < 4.78 is 1.99. The Morgan fingerprint density at radius 3 is 2.54 bits per heavy atom. The van der Waals surface area contributed by atoms with Gasteiger partial charge in [-0.3, -0.25) is 4.79 Å². The van der Waals surface area contributed by atoms with E-state index in [1.807, 2.05) is 20.8 Å². The number of thiocarbonyl (C=S) groups is 1. The molecule has 0 fully saturated rings. The third-order valence-corrected chi connectivity index (χ3v) is 5.31. The van der Waals surface area contributed by atoms with Crippen LogP contribution in [-0.4, -0.2) is 55.7 Å². The molecule has 1 amide bonds. The lowest BCUT2D eigenvalue weighted by atomic mass is 9.96. The van der Waals surface area contributed by atoms with E-state index in [4.69, 9.17) is 28.9 Å². The molecule has 1 aromatic heterocycles. The van der Waals surface area contributed by atoms with E-state index < -0.39 is 5.97 Å². The SMILES string of the molecule is CN(C)C(=O)n1c(C(C)(C)C)nc2cc(Cl)c(NC(=S)SCCC(=O)O)cc21. The van der Waals surface area contributed by atoms with Crippen LogP contribution < -0.4 is 5.32 Å². The molecular formula is C18H23ClN4O3S2. The second-order valence-electron chi connectivity index (χ2n) is 7.42. The van der Waals surface area contributed by atoms with Crippen molar-refractivity contribution in [3.05, 3.63) is 23.0 Å². The lowest BCUT2D eigenvalue weighted by molar-refractivity contribution is -0.136. The number of hydrogen-bond donors (Lipinski definition) is 2. The van der Waals surface area contributed by atoms with Gasteiger partial charge in [-0.2, -0.15) is 0 Å². The number of anilines is 1. The highest BCUT2D eigenvalue weighted by Crippen LogP contribution is 2.33. The van der Waals surface area contributed by atoms with Gasteiger partial charge in [0.1, 0.15) is 10.1 Å². The van der Waals surface area contributed by atoms with E-state index >= 15 is 0 Å². The van der Waals surface area contributed by atoms with Gasteiger partial charge in [0.15, 0.2) is 0 Å². The quantitative estimate of drug-likeness (QED) is 0.677. The zero-order chi connectivity index (χ0) is 21.2. The van der Waals surface area contributed by atoms with Crippen molar-refractivity contribution in [3.63, 3.8) is 0 Å². The molecule has 0 bridgehead atoms. The van der Waals surface area contributed by atoms with Gasteiger partial charge in [0, 0.05) is 25.3 Å². The van der Waals surface area contributed by atoms with E-state index in [1.165, 1.54) is 16.7 Å². The number of amides is 1. The predicted octanol–water partition coefficient (Wildman–Crippen LogP) is 4.42. The standard InChI is InChI=1S/C18H23ClN4O3S2/c1-18(2,3)15-20-12-8-10(19)11(21-16(27)28-7-6-14(24)25)9-13(12)23(15)17(26)22(4)5/h8-9H,6-7H2,1-5H3,(H,21,27)(H,24,25). The summed E-state index contributed by atoms with van der Waals surface area (Å²) in [5, 5.41) is 12.2. The van der Waals surface area contributed by atoms with Gasteiger partial charge in [-0.15, -0.1) is 0 Å². The van der Waals surface area contributed by atoms with Crippen LogP contribution in [-0.2, 0) is 10.2 Å². The number of fused-ring (bicyclic) bond motifs is 1. The number of hydrogen-bond acceptors (Lipinski definition) is 5. The van der Waals surface area contributed by atoms with Gasteiger partial charge in [0.25, 0.3) is 0 Å². The van der Waals surface area contributed by atoms with E-state index in [2.05, 4.69) is 10.3 Å². The van der Waals surface area contributed by atoms with Crippen LogP contribution in [0.3, 0.4) is 0 Å². The van der Waals surface area contributed by atoms with Crippen LogP contribution >= 0.6 is 35.6 Å². The van der Waals surface area contributed by atoms with Gasteiger partial charge in [0.2, 0.25) is 0 Å². The summed E-state index contributed by atoms with van der Waals surface area (Å²) in [5.41, 5.74) is 1.41. The number of carbonyl (C=O) groups is 2. The second kappa shape index (κ2) is 8.67. The third kappa shape index (κ3) is 5.15. The molecular weight excluding hydrogens is 420 g/mol. The molecule has 1 heterocycles. The zero-order valence-electron chi connectivity index (χ0n) is 16.4. The Balaban J connectivity index is 2.46. The maximum Gasteiger partial charge on any atom is 0.329 e. The lowest BCUT2D eigenvalue weighted by Gasteiger charge is -2.21. The first-order valence-corrected chi connectivity index (χ1v) is 10.3. The van der Waals surface area contributed by atoms with Crippen molar-refractivity contribution in [2.24, 2.45) is 0 Å². The Hall–Kier alpha value is -1.84. The lowest BCUT2D eigenvalue weighted by Crippen LogP contribution is -2.31. The molecule has 0 saturated heterocycles. The largest absolute Gasteiger partial charge is 0.481 e. The van der Waals surface area contributed by atoms with Crippen molar-refractivity contribution in [2.45, 2.75) is 32.6 Å². The van der Waals surface area contributed by atoms with Crippen LogP contribution in [0.1, 0.15) is 33.0 Å². The molecule has 2 N–H and O–H groups in total. The van der Waals surface area contributed by atoms with Gasteiger partial charge in [0.05, 0.1) is 28.2 Å². The smallest absolute Gasteiger partial charge is 0.329 e.